The van der Waals surface area contributed by atoms with E-state index in [1.165, 1.54) is 12.1 Å². The maximum atomic E-state index is 13.5. The second kappa shape index (κ2) is 3.78. The Balaban J connectivity index is 2.30. The summed E-state index contributed by atoms with van der Waals surface area (Å²) in [6, 6.07) is 4.38. The summed E-state index contributed by atoms with van der Waals surface area (Å²) in [6.07, 6.45) is 1.65. The number of aromatic nitrogens is 2. The molecule has 0 saturated carbocycles. The first-order chi connectivity index (χ1) is 8.56. The van der Waals surface area contributed by atoms with Gasteiger partial charge in [-0.05, 0) is 28.1 Å². The fourth-order valence-electron chi connectivity index (χ4n) is 1.97. The van der Waals surface area contributed by atoms with Crippen LogP contribution >= 0.6 is 15.9 Å². The topological polar surface area (TPSA) is 72.0 Å². The molecule has 3 rings (SSSR count). The van der Waals surface area contributed by atoms with Gasteiger partial charge in [-0.15, -0.1) is 0 Å². The quantitative estimate of drug-likeness (QED) is 0.555. The lowest BCUT2D eigenvalue weighted by Crippen LogP contribution is -1.78. The van der Waals surface area contributed by atoms with Crippen molar-refractivity contribution in [1.82, 2.24) is 9.97 Å². The van der Waals surface area contributed by atoms with Gasteiger partial charge in [-0.2, -0.15) is 0 Å². The molecular formula is C12H8BrFN2O2. The van der Waals surface area contributed by atoms with E-state index in [1.54, 1.807) is 12.3 Å². The smallest absolute Gasteiger partial charge is 0.199 e. The number of rotatable bonds is 1. The Labute approximate surface area is 109 Å². The molecule has 0 saturated heterocycles. The summed E-state index contributed by atoms with van der Waals surface area (Å²) in [4.78, 5) is 5.37. The van der Waals surface area contributed by atoms with Crippen molar-refractivity contribution in [1.29, 1.82) is 0 Å². The van der Waals surface area contributed by atoms with Crippen molar-refractivity contribution in [3.63, 3.8) is 0 Å². The Kier molecular flexibility index (Phi) is 2.34. The normalized spacial score (nSPS) is 11.2. The van der Waals surface area contributed by atoms with Crippen molar-refractivity contribution < 1.29 is 14.6 Å². The van der Waals surface area contributed by atoms with Crippen molar-refractivity contribution in [3.8, 4) is 22.9 Å². The van der Waals surface area contributed by atoms with Crippen molar-refractivity contribution in [2.45, 2.75) is 0 Å². The summed E-state index contributed by atoms with van der Waals surface area (Å²) in [7, 11) is 0. The third kappa shape index (κ3) is 1.57. The lowest BCUT2D eigenvalue weighted by atomic mass is 10.1. The van der Waals surface area contributed by atoms with Crippen LogP contribution in [-0.4, -0.2) is 20.2 Å². The molecule has 4 nitrogen and oxygen atoms in total. The third-order valence-electron chi connectivity index (χ3n) is 2.80. The van der Waals surface area contributed by atoms with E-state index in [1.807, 2.05) is 0 Å². The number of halogens is 2. The van der Waals surface area contributed by atoms with E-state index in [0.29, 0.717) is 21.0 Å². The molecule has 0 amide bonds. The van der Waals surface area contributed by atoms with Crippen molar-refractivity contribution in [2.24, 2.45) is 0 Å². The van der Waals surface area contributed by atoms with Gasteiger partial charge in [0.2, 0.25) is 0 Å². The van der Waals surface area contributed by atoms with Crippen LogP contribution < -0.4 is 0 Å². The monoisotopic (exact) mass is 310 g/mol. The SMILES string of the molecule is Oc1cc(-c2c[nH]c3cc(Br)c(F)cc23)c(O)[nH]1. The van der Waals surface area contributed by atoms with E-state index in [0.717, 1.165) is 5.52 Å². The zero-order chi connectivity index (χ0) is 12.9. The fourth-order valence-corrected chi connectivity index (χ4v) is 2.32. The van der Waals surface area contributed by atoms with Gasteiger partial charge in [0, 0.05) is 34.3 Å². The van der Waals surface area contributed by atoms with Crippen molar-refractivity contribution in [3.05, 3.63) is 34.7 Å². The number of hydrogen-bond donors (Lipinski definition) is 4. The first kappa shape index (κ1) is 11.2. The molecule has 0 unspecified atom stereocenters. The van der Waals surface area contributed by atoms with E-state index in [2.05, 4.69) is 25.9 Å². The van der Waals surface area contributed by atoms with Crippen LogP contribution in [0.4, 0.5) is 4.39 Å². The lowest BCUT2D eigenvalue weighted by Gasteiger charge is -1.99. The standard InChI is InChI=1S/C12H8BrFN2O2/c13-8-3-10-5(1-9(8)14)7(4-15-10)6-2-11(17)16-12(6)18/h1-4,15-18H. The molecule has 18 heavy (non-hydrogen) atoms. The molecule has 3 aromatic rings. The maximum Gasteiger partial charge on any atom is 0.199 e. The van der Waals surface area contributed by atoms with Crippen LogP contribution in [0.5, 0.6) is 11.8 Å². The zero-order valence-electron chi connectivity index (χ0n) is 8.96. The first-order valence-electron chi connectivity index (χ1n) is 5.13. The Morgan fingerprint density at radius 1 is 1.11 bits per heavy atom. The Hall–Kier alpha value is -1.95. The van der Waals surface area contributed by atoms with Crippen LogP contribution in [0.15, 0.2) is 28.9 Å². The van der Waals surface area contributed by atoms with E-state index >= 15 is 0 Å². The molecule has 1 aromatic carbocycles. The predicted octanol–water partition coefficient (Wildman–Crippen LogP) is 3.48. The van der Waals surface area contributed by atoms with Crippen LogP contribution in [0, 0.1) is 5.82 Å². The molecule has 0 aliphatic heterocycles. The highest BCUT2D eigenvalue weighted by Crippen LogP contribution is 2.37. The molecule has 0 bridgehead atoms. The molecule has 0 spiro atoms. The molecule has 0 aliphatic carbocycles. The van der Waals surface area contributed by atoms with E-state index < -0.39 is 0 Å². The van der Waals surface area contributed by atoms with Crippen molar-refractivity contribution in [2.75, 3.05) is 0 Å². The van der Waals surface area contributed by atoms with Gasteiger partial charge in [0.15, 0.2) is 11.8 Å². The van der Waals surface area contributed by atoms with Gasteiger partial charge < -0.3 is 15.2 Å². The van der Waals surface area contributed by atoms with E-state index in [-0.39, 0.29) is 17.6 Å². The third-order valence-corrected chi connectivity index (χ3v) is 3.40. The highest BCUT2D eigenvalue weighted by molar-refractivity contribution is 9.10. The number of aromatic hydroxyl groups is 2. The first-order valence-corrected chi connectivity index (χ1v) is 5.93. The lowest BCUT2D eigenvalue weighted by molar-refractivity contribution is 0.426. The molecule has 2 heterocycles. The fraction of sp³-hybridized carbons (Fsp3) is 0. The Morgan fingerprint density at radius 3 is 2.56 bits per heavy atom. The second-order valence-corrected chi connectivity index (χ2v) is 4.79. The molecule has 0 fully saturated rings. The minimum atomic E-state index is -0.386. The summed E-state index contributed by atoms with van der Waals surface area (Å²) in [6.45, 7) is 0. The Bertz CT molecular complexity index is 748. The number of fused-ring (bicyclic) bond motifs is 1. The van der Waals surface area contributed by atoms with Gasteiger partial charge in [-0.3, -0.25) is 4.98 Å². The van der Waals surface area contributed by atoms with Crippen molar-refractivity contribution >= 4 is 26.8 Å². The molecule has 4 N–H and O–H groups in total. The van der Waals surface area contributed by atoms with Crippen LogP contribution in [-0.2, 0) is 0 Å². The van der Waals surface area contributed by atoms with Gasteiger partial charge in [0.05, 0.1) is 4.47 Å². The highest BCUT2D eigenvalue weighted by atomic mass is 79.9. The molecule has 0 radical (unpaired) electrons. The predicted molar refractivity (Wildman–Crippen MR) is 69.1 cm³/mol. The average molecular weight is 311 g/mol. The summed E-state index contributed by atoms with van der Waals surface area (Å²) in [5, 5.41) is 19.6. The maximum absolute atomic E-state index is 13.5. The van der Waals surface area contributed by atoms with Gasteiger partial charge in [-0.1, -0.05) is 0 Å². The summed E-state index contributed by atoms with van der Waals surface area (Å²) < 4.78 is 13.9. The van der Waals surface area contributed by atoms with Crippen LogP contribution in [0.3, 0.4) is 0 Å². The average Bonchev–Trinajstić information content (AvgIpc) is 2.83. The van der Waals surface area contributed by atoms with Gasteiger partial charge in [0.25, 0.3) is 0 Å². The molecule has 0 atom stereocenters. The van der Waals surface area contributed by atoms with Crippen LogP contribution in [0.1, 0.15) is 0 Å². The number of H-pyrrole nitrogens is 2. The molecular weight excluding hydrogens is 303 g/mol. The van der Waals surface area contributed by atoms with E-state index in [9.17, 15) is 14.6 Å². The van der Waals surface area contributed by atoms with Gasteiger partial charge >= 0.3 is 0 Å². The van der Waals surface area contributed by atoms with Crippen LogP contribution in [0.25, 0.3) is 22.0 Å². The second-order valence-electron chi connectivity index (χ2n) is 3.93. The van der Waals surface area contributed by atoms with E-state index in [4.69, 9.17) is 0 Å². The number of nitrogens with one attached hydrogen (secondary N) is 2. The largest absolute Gasteiger partial charge is 0.494 e. The highest BCUT2D eigenvalue weighted by Gasteiger charge is 2.14. The minimum absolute atomic E-state index is 0.144. The zero-order valence-corrected chi connectivity index (χ0v) is 10.5. The number of hydrogen-bond acceptors (Lipinski definition) is 2. The molecule has 92 valence electrons. The summed E-state index contributed by atoms with van der Waals surface area (Å²) >= 11 is 3.11. The Morgan fingerprint density at radius 2 is 1.89 bits per heavy atom. The number of aromatic amines is 2. The summed E-state index contributed by atoms with van der Waals surface area (Å²) in [5.74, 6) is -0.686. The van der Waals surface area contributed by atoms with Gasteiger partial charge in [-0.25, -0.2) is 4.39 Å². The van der Waals surface area contributed by atoms with Gasteiger partial charge in [0.1, 0.15) is 5.82 Å². The molecule has 6 heteroatoms. The molecule has 0 aliphatic rings. The minimum Gasteiger partial charge on any atom is -0.494 e. The summed E-state index contributed by atoms with van der Waals surface area (Å²) in [5.41, 5.74) is 1.77. The molecule has 2 aromatic heterocycles. The van der Waals surface area contributed by atoms with Crippen LogP contribution in [0.2, 0.25) is 0 Å². The number of benzene rings is 1.